The summed E-state index contributed by atoms with van der Waals surface area (Å²) < 4.78 is 34.3. The highest BCUT2D eigenvalue weighted by atomic mass is 16.8. The van der Waals surface area contributed by atoms with Crippen LogP contribution in [0.25, 0.3) is 0 Å². The molecule has 0 spiro atoms. The number of allylic oxidation sites excluding steroid dienone is 13. The molecule has 1 amide bonds. The van der Waals surface area contributed by atoms with Crippen molar-refractivity contribution in [2.45, 2.75) is 317 Å². The average Bonchev–Trinajstić information content (AvgIpc) is 3.71. The fraction of sp³-hybridized carbons (Fsp3) is 0.783. The van der Waals surface area contributed by atoms with Gasteiger partial charge in [-0.2, -0.15) is 0 Å². The quantitative estimate of drug-likeness (QED) is 0.0201. The third-order valence-electron chi connectivity index (χ3n) is 16.4. The number of rotatable bonds is 50. The van der Waals surface area contributed by atoms with Crippen molar-refractivity contribution in [3.63, 3.8) is 0 Å². The minimum absolute atomic E-state index is 0.218. The van der Waals surface area contributed by atoms with E-state index in [1.807, 2.05) is 6.08 Å². The molecule has 0 aromatic carbocycles. The van der Waals surface area contributed by atoms with Crippen molar-refractivity contribution in [2.24, 2.45) is 0 Å². The van der Waals surface area contributed by atoms with E-state index in [0.29, 0.717) is 12.8 Å². The summed E-state index contributed by atoms with van der Waals surface area (Å²) in [5.41, 5.74) is 0. The van der Waals surface area contributed by atoms with Gasteiger partial charge in [0.05, 0.1) is 38.6 Å². The van der Waals surface area contributed by atoms with Crippen molar-refractivity contribution in [1.29, 1.82) is 0 Å². The summed E-state index contributed by atoms with van der Waals surface area (Å²) in [6, 6.07) is -1.00. The molecule has 0 aliphatic carbocycles. The van der Waals surface area contributed by atoms with Crippen molar-refractivity contribution >= 4 is 5.91 Å². The van der Waals surface area contributed by atoms with E-state index in [9.17, 15) is 61.0 Å². The first kappa shape index (κ1) is 79.2. The van der Waals surface area contributed by atoms with Gasteiger partial charge in [0.1, 0.15) is 73.2 Å². The summed E-state index contributed by atoms with van der Waals surface area (Å²) in [5.74, 6) is -0.299. The normalized spacial score (nSPS) is 28.9. The number of hydrogen-bond donors (Lipinski definition) is 12. The van der Waals surface area contributed by atoms with Crippen molar-refractivity contribution in [3.05, 3.63) is 85.1 Å². The summed E-state index contributed by atoms with van der Waals surface area (Å²) in [6.45, 7) is 1.59. The Morgan fingerprint density at radius 1 is 0.420 bits per heavy atom. The second kappa shape index (κ2) is 50.5. The number of hydrogen-bond acceptors (Lipinski definition) is 18. The second-order valence-electron chi connectivity index (χ2n) is 23.9. The van der Waals surface area contributed by atoms with E-state index in [2.05, 4.69) is 92.1 Å². The first-order chi connectivity index (χ1) is 42.8. The Kier molecular flexibility index (Phi) is 45.5. The lowest BCUT2D eigenvalue weighted by Gasteiger charge is -2.48. The lowest BCUT2D eigenvalue weighted by molar-refractivity contribution is -0.379. The van der Waals surface area contributed by atoms with E-state index in [4.69, 9.17) is 28.4 Å². The largest absolute Gasteiger partial charge is 0.394 e. The number of ether oxygens (including phenoxy) is 6. The molecule has 17 atom stereocenters. The van der Waals surface area contributed by atoms with Crippen LogP contribution in [-0.2, 0) is 33.2 Å². The molecule has 3 aliphatic heterocycles. The Morgan fingerprint density at radius 2 is 0.795 bits per heavy atom. The molecule has 0 aromatic heterocycles. The van der Waals surface area contributed by atoms with Gasteiger partial charge in [-0.15, -0.1) is 0 Å². The van der Waals surface area contributed by atoms with Gasteiger partial charge < -0.3 is 89.9 Å². The molecule has 3 saturated heterocycles. The van der Waals surface area contributed by atoms with Crippen molar-refractivity contribution in [2.75, 3.05) is 26.4 Å². The van der Waals surface area contributed by atoms with Crippen molar-refractivity contribution in [3.8, 4) is 0 Å². The molecule has 0 bridgehead atoms. The van der Waals surface area contributed by atoms with Crippen LogP contribution in [0.15, 0.2) is 85.1 Å². The topological polar surface area (TPSA) is 307 Å². The van der Waals surface area contributed by atoms with Crippen LogP contribution in [0, 0.1) is 0 Å². The van der Waals surface area contributed by atoms with Gasteiger partial charge in [-0.05, 0) is 77.0 Å². The summed E-state index contributed by atoms with van der Waals surface area (Å²) in [4.78, 5) is 13.4. The molecule has 19 heteroatoms. The van der Waals surface area contributed by atoms with Crippen molar-refractivity contribution in [1.82, 2.24) is 5.32 Å². The molecule has 88 heavy (non-hydrogen) atoms. The Labute approximate surface area is 527 Å². The smallest absolute Gasteiger partial charge is 0.220 e. The average molecular weight is 1250 g/mol. The maximum Gasteiger partial charge on any atom is 0.220 e. The number of carbonyl (C=O) groups excluding carboxylic acids is 1. The molecule has 0 aromatic rings. The molecule has 17 unspecified atom stereocenters. The van der Waals surface area contributed by atoms with Gasteiger partial charge in [0.2, 0.25) is 5.91 Å². The molecule has 19 nitrogen and oxygen atoms in total. The first-order valence-corrected chi connectivity index (χ1v) is 33.8. The summed E-state index contributed by atoms with van der Waals surface area (Å²) in [6.07, 6.45) is 36.9. The third kappa shape index (κ3) is 32.5. The standard InChI is InChI=1S/C69H119NO18/c1-3-5-7-9-11-13-15-17-19-21-23-25-26-27-29-31-33-35-37-39-41-43-45-47-57(75)70-52(53(74)46-44-42-40-38-36-34-32-30-28-24-22-20-18-16-14-12-10-8-6-4-2)51-83-67-63(81)60(78)65(55(49-72)85-67)88-69-64(82)61(79)66(56(50-73)86-69)87-68-62(80)59(77)58(76)54(48-71)84-68/h5,7,11,13,17,19,23,25,27,29,36,38,44,46,52-56,58-69,71-74,76-82H,3-4,6,8-10,12,14-16,18,20-22,24,26,28,30-35,37,39-43,45,47-51H2,1-2H3,(H,70,75)/b7-5-,13-11-,19-17-,25-23-,29-27-,38-36+,46-44+. The van der Waals surface area contributed by atoms with Gasteiger partial charge in [-0.3, -0.25) is 4.79 Å². The Bertz CT molecular complexity index is 1930. The zero-order chi connectivity index (χ0) is 64.0. The van der Waals surface area contributed by atoms with Crippen LogP contribution >= 0.6 is 0 Å². The minimum atomic E-state index is -1.99. The van der Waals surface area contributed by atoms with Gasteiger partial charge in [0, 0.05) is 6.42 Å². The summed E-state index contributed by atoms with van der Waals surface area (Å²) >= 11 is 0. The Hall–Kier alpha value is -3.03. The van der Waals surface area contributed by atoms with E-state index in [0.717, 1.165) is 96.3 Å². The van der Waals surface area contributed by atoms with Crippen LogP contribution in [-0.4, -0.2) is 193 Å². The molecular formula is C69H119NO18. The number of aliphatic hydroxyl groups excluding tert-OH is 11. The van der Waals surface area contributed by atoms with Crippen LogP contribution in [0.3, 0.4) is 0 Å². The first-order valence-electron chi connectivity index (χ1n) is 33.8. The molecule has 3 heterocycles. The van der Waals surface area contributed by atoms with E-state index in [1.165, 1.54) is 83.5 Å². The lowest BCUT2D eigenvalue weighted by atomic mass is 9.96. The second-order valence-corrected chi connectivity index (χ2v) is 23.9. The minimum Gasteiger partial charge on any atom is -0.394 e. The highest BCUT2D eigenvalue weighted by Crippen LogP contribution is 2.33. The molecule has 0 radical (unpaired) electrons. The van der Waals surface area contributed by atoms with Crippen LogP contribution in [0.2, 0.25) is 0 Å². The van der Waals surface area contributed by atoms with Crippen LogP contribution in [0.1, 0.15) is 213 Å². The van der Waals surface area contributed by atoms with E-state index in [-0.39, 0.29) is 18.9 Å². The van der Waals surface area contributed by atoms with Crippen LogP contribution in [0.4, 0.5) is 0 Å². The zero-order valence-corrected chi connectivity index (χ0v) is 53.4. The fourth-order valence-electron chi connectivity index (χ4n) is 10.9. The fourth-order valence-corrected chi connectivity index (χ4v) is 10.9. The Balaban J connectivity index is 1.47. The van der Waals surface area contributed by atoms with Crippen molar-refractivity contribution < 1.29 is 89.4 Å². The molecule has 3 fully saturated rings. The van der Waals surface area contributed by atoms with Gasteiger partial charge in [0.25, 0.3) is 0 Å². The molecule has 0 saturated carbocycles. The number of amides is 1. The predicted molar refractivity (Wildman–Crippen MR) is 341 cm³/mol. The zero-order valence-electron chi connectivity index (χ0n) is 53.4. The molecule has 3 aliphatic rings. The van der Waals surface area contributed by atoms with Gasteiger partial charge >= 0.3 is 0 Å². The number of aliphatic hydroxyl groups is 11. The van der Waals surface area contributed by atoms with E-state index in [1.54, 1.807) is 6.08 Å². The lowest BCUT2D eigenvalue weighted by Crippen LogP contribution is -2.66. The number of unbranched alkanes of at least 4 members (excludes halogenated alkanes) is 22. The monoisotopic (exact) mass is 1250 g/mol. The van der Waals surface area contributed by atoms with Crippen LogP contribution in [0.5, 0.6) is 0 Å². The van der Waals surface area contributed by atoms with E-state index >= 15 is 0 Å². The molecule has 12 N–H and O–H groups in total. The van der Waals surface area contributed by atoms with E-state index < -0.39 is 124 Å². The maximum atomic E-state index is 13.4. The molecule has 3 rings (SSSR count). The summed E-state index contributed by atoms with van der Waals surface area (Å²) in [7, 11) is 0. The van der Waals surface area contributed by atoms with Crippen LogP contribution < -0.4 is 5.32 Å². The predicted octanol–water partition coefficient (Wildman–Crippen LogP) is 8.32. The Morgan fingerprint density at radius 3 is 1.27 bits per heavy atom. The molecular weight excluding hydrogens is 1130 g/mol. The SMILES string of the molecule is CC/C=C\C/C=C\C/C=C\C/C=C\C/C=C\CCCCCCCCCC(=O)NC(COC1OC(CO)C(OC2OC(CO)C(OC3OC(CO)C(O)C(O)C3O)C(O)C2O)C(O)C1O)C(O)/C=C/CC/C=C/CCCCCCCCCCCCCCCC. The number of carbonyl (C=O) groups is 1. The van der Waals surface area contributed by atoms with Gasteiger partial charge in [-0.25, -0.2) is 0 Å². The summed E-state index contributed by atoms with van der Waals surface area (Å²) in [5, 5.41) is 120. The highest BCUT2D eigenvalue weighted by Gasteiger charge is 2.53. The third-order valence-corrected chi connectivity index (χ3v) is 16.4. The van der Waals surface area contributed by atoms with Gasteiger partial charge in [0.15, 0.2) is 18.9 Å². The maximum absolute atomic E-state index is 13.4. The highest BCUT2D eigenvalue weighted by molar-refractivity contribution is 5.76. The molecule has 508 valence electrons. The number of nitrogens with one attached hydrogen (secondary N) is 1. The van der Waals surface area contributed by atoms with Gasteiger partial charge in [-0.1, -0.05) is 214 Å².